The molecule has 1 amide bonds. The highest BCUT2D eigenvalue weighted by molar-refractivity contribution is 5.94. The van der Waals surface area contributed by atoms with E-state index in [9.17, 15) is 4.79 Å². The zero-order valence-corrected chi connectivity index (χ0v) is 16.0. The van der Waals surface area contributed by atoms with Gasteiger partial charge in [-0.05, 0) is 56.5 Å². The Balaban J connectivity index is 1.40. The number of nitrogens with one attached hydrogen (secondary N) is 1. The molecule has 0 spiro atoms. The number of para-hydroxylation sites is 2. The Morgan fingerprint density at radius 1 is 1.14 bits per heavy atom. The SMILES string of the molecule is O=C(Nc1ccccc1Oc1cccnc1)[C@@H]1CCCN(C2CCOCC2)C1. The molecule has 0 radical (unpaired) electrons. The Kier molecular flexibility index (Phi) is 6.19. The molecule has 0 bridgehead atoms. The minimum atomic E-state index is 0.00282. The van der Waals surface area contributed by atoms with Crippen molar-refractivity contribution in [3.05, 3.63) is 48.8 Å². The van der Waals surface area contributed by atoms with Crippen LogP contribution in [0.3, 0.4) is 0 Å². The van der Waals surface area contributed by atoms with Gasteiger partial charge < -0.3 is 14.8 Å². The Morgan fingerprint density at radius 2 is 2.00 bits per heavy atom. The molecule has 3 heterocycles. The predicted molar refractivity (Wildman–Crippen MR) is 108 cm³/mol. The fraction of sp³-hybridized carbons (Fsp3) is 0.455. The van der Waals surface area contributed by atoms with Crippen molar-refractivity contribution >= 4 is 11.6 Å². The summed E-state index contributed by atoms with van der Waals surface area (Å²) in [4.78, 5) is 19.5. The first-order valence-corrected chi connectivity index (χ1v) is 10.1. The summed E-state index contributed by atoms with van der Waals surface area (Å²) in [6.45, 7) is 3.56. The van der Waals surface area contributed by atoms with Crippen LogP contribution in [0.5, 0.6) is 11.5 Å². The highest BCUT2D eigenvalue weighted by Crippen LogP contribution is 2.30. The van der Waals surface area contributed by atoms with Gasteiger partial charge in [0.05, 0.1) is 17.8 Å². The van der Waals surface area contributed by atoms with Gasteiger partial charge in [-0.2, -0.15) is 0 Å². The van der Waals surface area contributed by atoms with Crippen LogP contribution >= 0.6 is 0 Å². The second-order valence-corrected chi connectivity index (χ2v) is 7.45. The third-order valence-electron chi connectivity index (χ3n) is 5.54. The molecule has 1 atom stereocenters. The molecule has 0 saturated carbocycles. The maximum absolute atomic E-state index is 13.0. The molecule has 2 aliphatic rings. The number of ether oxygens (including phenoxy) is 2. The summed E-state index contributed by atoms with van der Waals surface area (Å²) < 4.78 is 11.4. The van der Waals surface area contributed by atoms with E-state index in [0.717, 1.165) is 52.0 Å². The Morgan fingerprint density at radius 3 is 2.82 bits per heavy atom. The molecule has 2 fully saturated rings. The number of piperidine rings is 1. The molecule has 28 heavy (non-hydrogen) atoms. The van der Waals surface area contributed by atoms with E-state index in [1.54, 1.807) is 12.4 Å². The maximum Gasteiger partial charge on any atom is 0.228 e. The van der Waals surface area contributed by atoms with E-state index in [2.05, 4.69) is 15.2 Å². The molecule has 2 aromatic rings. The molecule has 1 N–H and O–H groups in total. The topological polar surface area (TPSA) is 63.7 Å². The summed E-state index contributed by atoms with van der Waals surface area (Å²) in [5.74, 6) is 1.34. The van der Waals surface area contributed by atoms with Crippen LogP contribution in [0.2, 0.25) is 0 Å². The van der Waals surface area contributed by atoms with E-state index in [-0.39, 0.29) is 11.8 Å². The maximum atomic E-state index is 13.0. The van der Waals surface area contributed by atoms with Crippen LogP contribution in [0.1, 0.15) is 25.7 Å². The van der Waals surface area contributed by atoms with E-state index in [1.807, 2.05) is 36.4 Å². The second-order valence-electron chi connectivity index (χ2n) is 7.45. The van der Waals surface area contributed by atoms with Crippen LogP contribution in [-0.2, 0) is 9.53 Å². The summed E-state index contributed by atoms with van der Waals surface area (Å²) in [6, 6.07) is 11.8. The molecule has 1 aromatic heterocycles. The summed E-state index contributed by atoms with van der Waals surface area (Å²) in [5.41, 5.74) is 0.694. The number of nitrogens with zero attached hydrogens (tertiary/aromatic N) is 2. The van der Waals surface area contributed by atoms with Gasteiger partial charge in [-0.15, -0.1) is 0 Å². The minimum Gasteiger partial charge on any atom is -0.454 e. The molecule has 0 aliphatic carbocycles. The minimum absolute atomic E-state index is 0.00282. The lowest BCUT2D eigenvalue weighted by atomic mass is 9.94. The first kappa shape index (κ1) is 18.9. The number of carbonyl (C=O) groups excluding carboxylic acids is 1. The fourth-order valence-electron chi connectivity index (χ4n) is 4.03. The summed E-state index contributed by atoms with van der Waals surface area (Å²) in [6.07, 6.45) is 7.48. The van der Waals surface area contributed by atoms with Gasteiger partial charge in [0.15, 0.2) is 5.75 Å². The van der Waals surface area contributed by atoms with E-state index in [1.165, 1.54) is 0 Å². The van der Waals surface area contributed by atoms with Crippen molar-refractivity contribution < 1.29 is 14.3 Å². The summed E-state index contributed by atoms with van der Waals surface area (Å²) >= 11 is 0. The van der Waals surface area contributed by atoms with Crippen LogP contribution < -0.4 is 10.1 Å². The van der Waals surface area contributed by atoms with Gasteiger partial charge in [0.25, 0.3) is 0 Å². The quantitative estimate of drug-likeness (QED) is 0.856. The summed E-state index contributed by atoms with van der Waals surface area (Å²) in [5, 5.41) is 3.09. The lowest BCUT2D eigenvalue weighted by Gasteiger charge is -2.39. The Bertz CT molecular complexity index is 778. The number of rotatable bonds is 5. The number of aromatic nitrogens is 1. The van der Waals surface area contributed by atoms with Crippen LogP contribution in [-0.4, -0.2) is 48.1 Å². The number of hydrogen-bond donors (Lipinski definition) is 1. The van der Waals surface area contributed by atoms with Gasteiger partial charge in [0.2, 0.25) is 5.91 Å². The lowest BCUT2D eigenvalue weighted by molar-refractivity contribution is -0.122. The van der Waals surface area contributed by atoms with Gasteiger partial charge in [-0.25, -0.2) is 0 Å². The van der Waals surface area contributed by atoms with Gasteiger partial charge >= 0.3 is 0 Å². The standard InChI is InChI=1S/C22H27N3O3/c26-22(17-5-4-12-25(16-17)18-9-13-27-14-10-18)24-20-7-1-2-8-21(20)28-19-6-3-11-23-15-19/h1-3,6-8,11,15,17-18H,4-5,9-10,12-14,16H2,(H,24,26)/t17-/m1/s1. The van der Waals surface area contributed by atoms with Crippen molar-refractivity contribution in [2.45, 2.75) is 31.7 Å². The third kappa shape index (κ3) is 4.69. The first-order chi connectivity index (χ1) is 13.8. The number of likely N-dealkylation sites (tertiary alicyclic amines) is 1. The van der Waals surface area contributed by atoms with Crippen molar-refractivity contribution in [1.82, 2.24) is 9.88 Å². The van der Waals surface area contributed by atoms with Crippen molar-refractivity contribution in [3.63, 3.8) is 0 Å². The van der Waals surface area contributed by atoms with Crippen LogP contribution in [0, 0.1) is 5.92 Å². The smallest absolute Gasteiger partial charge is 0.228 e. The lowest BCUT2D eigenvalue weighted by Crippen LogP contribution is -2.47. The number of carbonyl (C=O) groups is 1. The Labute approximate surface area is 165 Å². The van der Waals surface area contributed by atoms with E-state index < -0.39 is 0 Å². The van der Waals surface area contributed by atoms with Crippen molar-refractivity contribution in [1.29, 1.82) is 0 Å². The number of benzene rings is 1. The molecule has 2 aliphatic heterocycles. The third-order valence-corrected chi connectivity index (χ3v) is 5.54. The van der Waals surface area contributed by atoms with Gasteiger partial charge in [0.1, 0.15) is 5.75 Å². The zero-order valence-electron chi connectivity index (χ0n) is 16.0. The second kappa shape index (κ2) is 9.17. The van der Waals surface area contributed by atoms with E-state index in [4.69, 9.17) is 9.47 Å². The molecular weight excluding hydrogens is 354 g/mol. The van der Waals surface area contributed by atoms with Gasteiger partial charge in [-0.1, -0.05) is 12.1 Å². The number of anilines is 1. The van der Waals surface area contributed by atoms with Crippen LogP contribution in [0.15, 0.2) is 48.8 Å². The number of amides is 1. The molecule has 6 nitrogen and oxygen atoms in total. The van der Waals surface area contributed by atoms with Crippen molar-refractivity contribution in [2.75, 3.05) is 31.6 Å². The number of pyridine rings is 1. The molecule has 4 rings (SSSR count). The first-order valence-electron chi connectivity index (χ1n) is 10.1. The molecule has 148 valence electrons. The predicted octanol–water partition coefficient (Wildman–Crippen LogP) is 3.70. The normalized spacial score (nSPS) is 21.2. The van der Waals surface area contributed by atoms with E-state index >= 15 is 0 Å². The Hall–Kier alpha value is -2.44. The van der Waals surface area contributed by atoms with Crippen LogP contribution in [0.4, 0.5) is 5.69 Å². The van der Waals surface area contributed by atoms with Gasteiger partial charge in [-0.3, -0.25) is 14.7 Å². The molecule has 1 aromatic carbocycles. The molecule has 2 saturated heterocycles. The average Bonchev–Trinajstić information content (AvgIpc) is 2.76. The van der Waals surface area contributed by atoms with Crippen molar-refractivity contribution in [3.8, 4) is 11.5 Å². The van der Waals surface area contributed by atoms with Crippen LogP contribution in [0.25, 0.3) is 0 Å². The molecule has 6 heteroatoms. The monoisotopic (exact) mass is 381 g/mol. The van der Waals surface area contributed by atoms with Crippen molar-refractivity contribution in [2.24, 2.45) is 5.92 Å². The van der Waals surface area contributed by atoms with Gasteiger partial charge in [0, 0.05) is 32.0 Å². The van der Waals surface area contributed by atoms with E-state index in [0.29, 0.717) is 23.2 Å². The average molecular weight is 381 g/mol. The largest absolute Gasteiger partial charge is 0.454 e. The molecular formula is C22H27N3O3. The highest BCUT2D eigenvalue weighted by atomic mass is 16.5. The zero-order chi connectivity index (χ0) is 19.2. The number of hydrogen-bond acceptors (Lipinski definition) is 5. The highest BCUT2D eigenvalue weighted by Gasteiger charge is 2.30. The fourth-order valence-corrected chi connectivity index (χ4v) is 4.03. The summed E-state index contributed by atoms with van der Waals surface area (Å²) in [7, 11) is 0. The molecule has 0 unspecified atom stereocenters.